The zero-order valence-electron chi connectivity index (χ0n) is 2.59. The number of rotatable bonds is 1. The van der Waals surface area contributed by atoms with Crippen LogP contribution in [0.3, 0.4) is 0 Å². The summed E-state index contributed by atoms with van der Waals surface area (Å²) < 4.78 is -0.550. The van der Waals surface area contributed by atoms with E-state index in [-0.39, 0.29) is 6.61 Å². The van der Waals surface area contributed by atoms with Gasteiger partial charge >= 0.3 is 41.1 Å². The monoisotopic (exact) mass is 159 g/mol. The minimum atomic E-state index is -0.550. The molecular weight excluding hydrogens is 152 g/mol. The fraction of sp³-hybridized carbons (Fsp3) is 1.00. The molecule has 1 unspecified atom stereocenters. The molecule has 0 aliphatic carbocycles. The van der Waals surface area contributed by atoms with Crippen molar-refractivity contribution in [2.75, 3.05) is 6.61 Å². The molecule has 0 saturated heterocycles. The van der Waals surface area contributed by atoms with Gasteiger partial charge in [-0.25, -0.2) is 0 Å². The molecule has 0 aliphatic heterocycles. The first-order valence-corrected chi connectivity index (χ1v) is 2.38. The number of aliphatic hydroxyl groups is 2. The van der Waals surface area contributed by atoms with E-state index in [1.54, 1.807) is 0 Å². The molecule has 0 aromatic carbocycles. The Kier molecular flexibility index (Phi) is 3.17. The van der Waals surface area contributed by atoms with Gasteiger partial charge < -0.3 is 0 Å². The molecule has 31 valence electrons. The summed E-state index contributed by atoms with van der Waals surface area (Å²) >= 11 is 1.47. The van der Waals surface area contributed by atoms with Crippen LogP contribution in [0.4, 0.5) is 0 Å². The van der Waals surface area contributed by atoms with Crippen LogP contribution in [0.15, 0.2) is 0 Å². The van der Waals surface area contributed by atoms with Gasteiger partial charge in [0.2, 0.25) is 0 Å². The second-order valence-electron chi connectivity index (χ2n) is 0.637. The van der Waals surface area contributed by atoms with Crippen LogP contribution in [-0.4, -0.2) is 21.3 Å². The van der Waals surface area contributed by atoms with Gasteiger partial charge in [-0.15, -0.1) is 0 Å². The van der Waals surface area contributed by atoms with Crippen molar-refractivity contribution in [1.29, 1.82) is 0 Å². The van der Waals surface area contributed by atoms with Crippen LogP contribution >= 0.6 is 0 Å². The van der Waals surface area contributed by atoms with Crippen molar-refractivity contribution in [3.63, 3.8) is 0 Å². The fourth-order valence-corrected chi connectivity index (χ4v) is 0. The van der Waals surface area contributed by atoms with Gasteiger partial charge in [0.15, 0.2) is 0 Å². The topological polar surface area (TPSA) is 40.5 Å². The summed E-state index contributed by atoms with van der Waals surface area (Å²) in [6, 6.07) is 0. The zero-order chi connectivity index (χ0) is 4.28. The maximum absolute atomic E-state index is 8.12. The molecule has 0 aliphatic rings. The molecule has 0 spiro atoms. The summed E-state index contributed by atoms with van der Waals surface area (Å²) in [5.74, 6) is 0. The zero-order valence-corrected chi connectivity index (χ0v) is 4.59. The first-order chi connectivity index (χ1) is 2.27. The Morgan fingerprint density at radius 3 is 2.00 bits per heavy atom. The van der Waals surface area contributed by atoms with E-state index in [4.69, 9.17) is 10.2 Å². The van der Waals surface area contributed by atoms with Gasteiger partial charge in [0, 0.05) is 0 Å². The van der Waals surface area contributed by atoms with E-state index in [9.17, 15) is 0 Å². The van der Waals surface area contributed by atoms with Crippen molar-refractivity contribution in [3.05, 3.63) is 0 Å². The van der Waals surface area contributed by atoms with E-state index in [0.29, 0.717) is 0 Å². The van der Waals surface area contributed by atoms with Crippen molar-refractivity contribution >= 4 is 0 Å². The Morgan fingerprint density at radius 1 is 1.80 bits per heavy atom. The van der Waals surface area contributed by atoms with E-state index < -0.39 is 4.49 Å². The van der Waals surface area contributed by atoms with Gasteiger partial charge in [-0.05, 0) is 0 Å². The maximum atomic E-state index is 8.12. The Morgan fingerprint density at radius 2 is 2.00 bits per heavy atom. The average molecular weight is 157 g/mol. The molecule has 5 heavy (non-hydrogen) atoms. The summed E-state index contributed by atoms with van der Waals surface area (Å²) in [5, 5.41) is 16.0. The fourth-order valence-electron chi connectivity index (χ4n) is 0. The summed E-state index contributed by atoms with van der Waals surface area (Å²) in [7, 11) is 0. The molecule has 0 radical (unpaired) electrons. The second kappa shape index (κ2) is 2.83. The first-order valence-electron chi connectivity index (χ1n) is 1.22. The van der Waals surface area contributed by atoms with Crippen LogP contribution in [0.1, 0.15) is 0 Å². The molecule has 2 N–H and O–H groups in total. The molecular formula is C2H5MoO2. The molecule has 2 nitrogen and oxygen atoms in total. The van der Waals surface area contributed by atoms with Gasteiger partial charge in [-0.1, -0.05) is 0 Å². The van der Waals surface area contributed by atoms with E-state index in [0.717, 1.165) is 0 Å². The third-order valence-corrected chi connectivity index (χ3v) is 0.523. The summed E-state index contributed by atoms with van der Waals surface area (Å²) in [5.41, 5.74) is 0. The molecule has 0 bridgehead atoms. The van der Waals surface area contributed by atoms with Gasteiger partial charge in [0.1, 0.15) is 0 Å². The third kappa shape index (κ3) is 4.61. The quantitative estimate of drug-likeness (QED) is 0.471. The van der Waals surface area contributed by atoms with E-state index in [2.05, 4.69) is 0 Å². The molecule has 3 heteroatoms. The Bertz CT molecular complexity index is 21.6. The van der Waals surface area contributed by atoms with Crippen molar-refractivity contribution in [1.82, 2.24) is 0 Å². The van der Waals surface area contributed by atoms with E-state index >= 15 is 0 Å². The number of hydrogen-bond donors (Lipinski definition) is 2. The van der Waals surface area contributed by atoms with Crippen LogP contribution in [0.2, 0.25) is 0 Å². The van der Waals surface area contributed by atoms with Crippen molar-refractivity contribution < 1.29 is 30.0 Å². The van der Waals surface area contributed by atoms with Gasteiger partial charge in [-0.3, -0.25) is 0 Å². The second-order valence-corrected chi connectivity index (χ2v) is 1.97. The third-order valence-electron chi connectivity index (χ3n) is 0.156. The molecule has 0 aromatic heterocycles. The Labute approximate surface area is 41.7 Å². The number of hydrogen-bond acceptors (Lipinski definition) is 2. The molecule has 0 aromatic rings. The van der Waals surface area contributed by atoms with E-state index in [1.807, 2.05) is 0 Å². The SMILES string of the molecule is OC[CH](O)[Mo]. The number of aliphatic hydroxyl groups excluding tert-OH is 2. The van der Waals surface area contributed by atoms with Crippen molar-refractivity contribution in [3.8, 4) is 0 Å². The van der Waals surface area contributed by atoms with Crippen LogP contribution in [-0.2, 0) is 19.8 Å². The molecule has 0 amide bonds. The summed E-state index contributed by atoms with van der Waals surface area (Å²) in [6.45, 7) is -0.134. The summed E-state index contributed by atoms with van der Waals surface area (Å²) in [4.78, 5) is 0. The predicted octanol–water partition coefficient (Wildman–Crippen LogP) is -1.16. The molecule has 0 rings (SSSR count). The van der Waals surface area contributed by atoms with Crippen LogP contribution in [0, 0.1) is 0 Å². The molecule has 1 atom stereocenters. The standard InChI is InChI=1S/C2H5O2.Mo/c3-1-2-4;/h1,3-4H,2H2;. The van der Waals surface area contributed by atoms with Crippen molar-refractivity contribution in [2.45, 2.75) is 4.49 Å². The average Bonchev–Trinajstić information content (AvgIpc) is 1.38. The first kappa shape index (κ1) is 5.61. The molecule has 0 heterocycles. The minimum absolute atomic E-state index is 0.134. The van der Waals surface area contributed by atoms with Crippen LogP contribution in [0.25, 0.3) is 0 Å². The summed E-state index contributed by atoms with van der Waals surface area (Å²) in [6.07, 6.45) is 0. The van der Waals surface area contributed by atoms with Gasteiger partial charge in [-0.2, -0.15) is 0 Å². The van der Waals surface area contributed by atoms with Gasteiger partial charge in [0.05, 0.1) is 0 Å². The van der Waals surface area contributed by atoms with E-state index in [1.165, 1.54) is 19.8 Å². The molecule has 0 fully saturated rings. The Hall–Kier alpha value is 0.608. The van der Waals surface area contributed by atoms with Crippen molar-refractivity contribution in [2.24, 2.45) is 0 Å². The predicted molar refractivity (Wildman–Crippen MR) is 13.1 cm³/mol. The molecule has 0 saturated carbocycles. The van der Waals surface area contributed by atoms with Gasteiger partial charge in [0.25, 0.3) is 0 Å². The van der Waals surface area contributed by atoms with Crippen LogP contribution < -0.4 is 0 Å². The Balaban J connectivity index is 2.54. The normalized spacial score (nSPS) is 14.8. The van der Waals surface area contributed by atoms with Crippen LogP contribution in [0.5, 0.6) is 0 Å².